The molecule has 13 aromatic rings. The Labute approximate surface area is 392 Å². The van der Waals surface area contributed by atoms with Crippen molar-refractivity contribution in [1.82, 2.24) is 24.5 Å². The molecule has 68 heavy (non-hydrogen) atoms. The summed E-state index contributed by atoms with van der Waals surface area (Å²) in [5, 5.41) is 7.91. The predicted molar refractivity (Wildman–Crippen MR) is 282 cm³/mol. The van der Waals surface area contributed by atoms with Gasteiger partial charge >= 0.3 is 0 Å². The fourth-order valence-corrected chi connectivity index (χ4v) is 10.2. The standard InChI is InChI=1S/C62H40N6/c63-46-30-25-40(26-31-46)49-20-5-13-42-14-6-21-50(57(42)49)41-27-32-47(33-28-41)68-55-34-29-45(51-22-7-16-43-15-4-19-48(58(43)51)39-11-2-1-3-12-39)37-54(55)60-56(68)38-66-62(67-60)53-24-9-18-44-17-8-23-52(59(44)53)61-64-35-10-36-65-61/h1-38H,63H2. The van der Waals surface area contributed by atoms with Gasteiger partial charge in [0, 0.05) is 45.7 Å². The van der Waals surface area contributed by atoms with Crippen LogP contribution in [0.4, 0.5) is 5.69 Å². The average Bonchev–Trinajstić information content (AvgIpc) is 3.73. The van der Waals surface area contributed by atoms with Crippen LogP contribution in [0.3, 0.4) is 0 Å². The Hall–Kier alpha value is -9.26. The average molecular weight is 869 g/mol. The minimum absolute atomic E-state index is 0.635. The van der Waals surface area contributed by atoms with Gasteiger partial charge in [-0.15, -0.1) is 0 Å². The fraction of sp³-hybridized carbons (Fsp3) is 0. The number of hydrogen-bond donors (Lipinski definition) is 1. The molecule has 0 amide bonds. The molecule has 0 saturated heterocycles. The molecule has 0 spiro atoms. The largest absolute Gasteiger partial charge is 0.399 e. The highest BCUT2D eigenvalue weighted by atomic mass is 15.0. The lowest BCUT2D eigenvalue weighted by Gasteiger charge is -2.14. The summed E-state index contributed by atoms with van der Waals surface area (Å²) in [6.07, 6.45) is 5.55. The summed E-state index contributed by atoms with van der Waals surface area (Å²) in [6, 6.07) is 75.1. The highest BCUT2D eigenvalue weighted by molar-refractivity contribution is 6.13. The van der Waals surface area contributed by atoms with Crippen LogP contribution < -0.4 is 5.73 Å². The Morgan fingerprint density at radius 2 is 0.824 bits per heavy atom. The highest BCUT2D eigenvalue weighted by Gasteiger charge is 2.21. The predicted octanol–water partition coefficient (Wildman–Crippen LogP) is 15.4. The third kappa shape index (κ3) is 6.50. The van der Waals surface area contributed by atoms with Crippen LogP contribution >= 0.6 is 0 Å². The normalized spacial score (nSPS) is 11.6. The minimum Gasteiger partial charge on any atom is -0.399 e. The SMILES string of the molecule is Nc1ccc(-c2cccc3cccc(-c4ccc(-n5c6ccc(-c7cccc8cccc(-c9ccccc9)c78)cc6c6nc(-c7cccc8cccc(-c9ncccn9)c78)ncc65)cc4)c23)cc1. The van der Waals surface area contributed by atoms with Crippen LogP contribution in [0.1, 0.15) is 0 Å². The molecular weight excluding hydrogens is 829 g/mol. The Kier molecular flexibility index (Phi) is 9.22. The van der Waals surface area contributed by atoms with Gasteiger partial charge in [-0.1, -0.05) is 170 Å². The summed E-state index contributed by atoms with van der Waals surface area (Å²) in [4.78, 5) is 20.0. The molecule has 0 radical (unpaired) electrons. The first kappa shape index (κ1) is 39.1. The molecule has 0 unspecified atom stereocenters. The summed E-state index contributed by atoms with van der Waals surface area (Å²) >= 11 is 0. The number of nitrogen functional groups attached to an aromatic ring is 1. The zero-order valence-electron chi connectivity index (χ0n) is 36.8. The van der Waals surface area contributed by atoms with Crippen molar-refractivity contribution in [3.63, 3.8) is 0 Å². The van der Waals surface area contributed by atoms with Crippen LogP contribution in [0.25, 0.3) is 127 Å². The quantitative estimate of drug-likeness (QED) is 0.161. The second-order valence-electron chi connectivity index (χ2n) is 17.2. The van der Waals surface area contributed by atoms with Crippen LogP contribution in [0, 0.1) is 0 Å². The molecule has 13 rings (SSSR count). The molecule has 0 aliphatic heterocycles. The lowest BCUT2D eigenvalue weighted by Crippen LogP contribution is -1.97. The van der Waals surface area contributed by atoms with Gasteiger partial charge in [-0.2, -0.15) is 0 Å². The first-order valence-electron chi connectivity index (χ1n) is 22.8. The van der Waals surface area contributed by atoms with Crippen LogP contribution in [0.5, 0.6) is 0 Å². The third-order valence-electron chi connectivity index (χ3n) is 13.3. The molecule has 0 aliphatic rings. The van der Waals surface area contributed by atoms with Crippen molar-refractivity contribution in [2.75, 3.05) is 5.73 Å². The Bertz CT molecular complexity index is 3870. The van der Waals surface area contributed by atoms with Crippen molar-refractivity contribution in [1.29, 1.82) is 0 Å². The van der Waals surface area contributed by atoms with Crippen LogP contribution in [0.15, 0.2) is 231 Å². The monoisotopic (exact) mass is 868 g/mol. The number of fused-ring (bicyclic) bond motifs is 6. The fourth-order valence-electron chi connectivity index (χ4n) is 10.2. The number of anilines is 1. The zero-order chi connectivity index (χ0) is 45.1. The van der Waals surface area contributed by atoms with Crippen molar-refractivity contribution in [3.8, 4) is 73.0 Å². The summed E-state index contributed by atoms with van der Waals surface area (Å²) in [5.41, 5.74) is 21.8. The van der Waals surface area contributed by atoms with Gasteiger partial charge in [0.15, 0.2) is 11.6 Å². The van der Waals surface area contributed by atoms with Gasteiger partial charge in [0.2, 0.25) is 0 Å². The maximum absolute atomic E-state index is 6.11. The highest BCUT2D eigenvalue weighted by Crippen LogP contribution is 2.42. The molecule has 0 fully saturated rings. The molecule has 0 atom stereocenters. The maximum Gasteiger partial charge on any atom is 0.160 e. The van der Waals surface area contributed by atoms with E-state index in [0.29, 0.717) is 11.6 Å². The molecule has 3 aromatic heterocycles. The molecule has 0 aliphatic carbocycles. The first-order valence-corrected chi connectivity index (χ1v) is 22.8. The van der Waals surface area contributed by atoms with Gasteiger partial charge < -0.3 is 10.3 Å². The summed E-state index contributed by atoms with van der Waals surface area (Å²) < 4.78 is 2.30. The number of benzene rings is 10. The third-order valence-corrected chi connectivity index (χ3v) is 13.3. The smallest absolute Gasteiger partial charge is 0.160 e. The van der Waals surface area contributed by atoms with E-state index in [1.165, 1.54) is 49.4 Å². The topological polar surface area (TPSA) is 82.5 Å². The van der Waals surface area contributed by atoms with E-state index in [1.54, 1.807) is 12.4 Å². The molecule has 6 heteroatoms. The molecule has 2 N–H and O–H groups in total. The number of nitrogens with zero attached hydrogens (tertiary/aromatic N) is 5. The summed E-state index contributed by atoms with van der Waals surface area (Å²) in [5.74, 6) is 1.29. The van der Waals surface area contributed by atoms with E-state index in [2.05, 4.69) is 209 Å². The van der Waals surface area contributed by atoms with Crippen molar-refractivity contribution in [2.45, 2.75) is 0 Å². The molecule has 6 nitrogen and oxygen atoms in total. The number of aromatic nitrogens is 5. The van der Waals surface area contributed by atoms with Crippen molar-refractivity contribution < 1.29 is 0 Å². The minimum atomic E-state index is 0.635. The zero-order valence-corrected chi connectivity index (χ0v) is 36.8. The number of rotatable bonds is 7. The van der Waals surface area contributed by atoms with Crippen molar-refractivity contribution in [2.24, 2.45) is 0 Å². The van der Waals surface area contributed by atoms with E-state index < -0.39 is 0 Å². The number of hydrogen-bond acceptors (Lipinski definition) is 5. The Morgan fingerprint density at radius 3 is 1.40 bits per heavy atom. The number of nitrogens with two attached hydrogens (primary N) is 1. The first-order chi connectivity index (χ1) is 33.6. The van der Waals surface area contributed by atoms with Crippen LogP contribution in [-0.4, -0.2) is 24.5 Å². The van der Waals surface area contributed by atoms with E-state index >= 15 is 0 Å². The maximum atomic E-state index is 6.11. The lowest BCUT2D eigenvalue weighted by atomic mass is 9.91. The van der Waals surface area contributed by atoms with Crippen molar-refractivity contribution >= 4 is 59.9 Å². The second kappa shape index (κ2) is 16.0. The van der Waals surface area contributed by atoms with Gasteiger partial charge in [0.25, 0.3) is 0 Å². The van der Waals surface area contributed by atoms with Gasteiger partial charge in [-0.25, -0.2) is 19.9 Å². The van der Waals surface area contributed by atoms with Crippen LogP contribution in [-0.2, 0) is 0 Å². The van der Waals surface area contributed by atoms with E-state index in [1.807, 2.05) is 24.4 Å². The summed E-state index contributed by atoms with van der Waals surface area (Å²) in [6.45, 7) is 0. The van der Waals surface area contributed by atoms with Gasteiger partial charge in [-0.05, 0) is 114 Å². The van der Waals surface area contributed by atoms with Gasteiger partial charge in [0.05, 0.1) is 17.2 Å². The molecule has 10 aromatic carbocycles. The summed E-state index contributed by atoms with van der Waals surface area (Å²) in [7, 11) is 0. The van der Waals surface area contributed by atoms with E-state index in [0.717, 1.165) is 71.9 Å². The Morgan fingerprint density at radius 1 is 0.353 bits per heavy atom. The molecular formula is C62H40N6. The van der Waals surface area contributed by atoms with Crippen LogP contribution in [0.2, 0.25) is 0 Å². The second-order valence-corrected chi connectivity index (χ2v) is 17.2. The van der Waals surface area contributed by atoms with Gasteiger partial charge in [0.1, 0.15) is 5.52 Å². The van der Waals surface area contributed by atoms with Gasteiger partial charge in [-0.3, -0.25) is 0 Å². The lowest BCUT2D eigenvalue weighted by molar-refractivity contribution is 1.15. The molecule has 318 valence electrons. The van der Waals surface area contributed by atoms with Crippen molar-refractivity contribution in [3.05, 3.63) is 231 Å². The Balaban J connectivity index is 1.02. The van der Waals surface area contributed by atoms with E-state index in [-0.39, 0.29) is 0 Å². The molecule has 0 bridgehead atoms. The van der Waals surface area contributed by atoms with E-state index in [4.69, 9.17) is 15.7 Å². The molecule has 0 saturated carbocycles. The van der Waals surface area contributed by atoms with E-state index in [9.17, 15) is 0 Å². The molecule has 3 heterocycles.